The summed E-state index contributed by atoms with van der Waals surface area (Å²) in [7, 11) is 1.57. The highest BCUT2D eigenvalue weighted by Gasteiger charge is 2.11. The molecule has 0 unspecified atom stereocenters. The summed E-state index contributed by atoms with van der Waals surface area (Å²) in [6.07, 6.45) is 0. The van der Waals surface area contributed by atoms with Crippen molar-refractivity contribution < 1.29 is 19.1 Å². The molecule has 1 aromatic heterocycles. The van der Waals surface area contributed by atoms with E-state index in [1.54, 1.807) is 25.3 Å². The molecule has 0 saturated carbocycles. The summed E-state index contributed by atoms with van der Waals surface area (Å²) in [4.78, 5) is 4.22. The molecule has 0 bridgehead atoms. The average molecular weight is 278 g/mol. The summed E-state index contributed by atoms with van der Waals surface area (Å²) >= 11 is 0. The fraction of sp³-hybridized carbons (Fsp3) is 0.429. The zero-order chi connectivity index (χ0) is 14.5. The van der Waals surface area contributed by atoms with Crippen molar-refractivity contribution in [3.63, 3.8) is 0 Å². The van der Waals surface area contributed by atoms with Gasteiger partial charge in [-0.25, -0.2) is 0 Å². The number of hydrogen-bond acceptors (Lipinski definition) is 6. The maximum absolute atomic E-state index is 9.33. The van der Waals surface area contributed by atoms with E-state index < -0.39 is 0 Å². The number of methoxy groups -OCH3 is 1. The third-order valence-corrected chi connectivity index (χ3v) is 2.79. The number of hydrogen-bond donors (Lipinski definition) is 1. The molecule has 0 aliphatic rings. The molecular formula is C14H18N2O4. The Labute approximate surface area is 117 Å². The summed E-state index contributed by atoms with van der Waals surface area (Å²) < 4.78 is 15.8. The van der Waals surface area contributed by atoms with Crippen molar-refractivity contribution in [2.75, 3.05) is 7.11 Å². The molecule has 1 heterocycles. The molecule has 2 aromatic rings. The molecule has 20 heavy (non-hydrogen) atoms. The van der Waals surface area contributed by atoms with Crippen molar-refractivity contribution in [2.24, 2.45) is 0 Å². The van der Waals surface area contributed by atoms with Crippen molar-refractivity contribution in [2.45, 2.75) is 33.0 Å². The highest BCUT2D eigenvalue weighted by Crippen LogP contribution is 2.25. The van der Waals surface area contributed by atoms with Gasteiger partial charge in [-0.1, -0.05) is 19.0 Å². The topological polar surface area (TPSA) is 77.6 Å². The van der Waals surface area contributed by atoms with E-state index in [0.717, 1.165) is 0 Å². The van der Waals surface area contributed by atoms with Gasteiger partial charge in [-0.3, -0.25) is 0 Å². The minimum absolute atomic E-state index is 0.131. The fourth-order valence-electron chi connectivity index (χ4n) is 1.65. The number of aliphatic hydroxyl groups excluding tert-OH is 1. The summed E-state index contributed by atoms with van der Waals surface area (Å²) in [5.41, 5.74) is 0.646. The van der Waals surface area contributed by atoms with E-state index >= 15 is 0 Å². The first kappa shape index (κ1) is 14.3. The zero-order valence-corrected chi connectivity index (χ0v) is 11.8. The first-order valence-electron chi connectivity index (χ1n) is 6.37. The highest BCUT2D eigenvalue weighted by molar-refractivity contribution is 5.39. The molecule has 0 amide bonds. The lowest BCUT2D eigenvalue weighted by Gasteiger charge is -2.09. The van der Waals surface area contributed by atoms with Gasteiger partial charge in [0.05, 0.1) is 13.7 Å². The second kappa shape index (κ2) is 6.38. The Hall–Kier alpha value is -2.08. The van der Waals surface area contributed by atoms with E-state index in [9.17, 15) is 5.11 Å². The van der Waals surface area contributed by atoms with E-state index in [1.807, 2.05) is 13.8 Å². The smallest absolute Gasteiger partial charge is 0.264 e. The Morgan fingerprint density at radius 1 is 1.35 bits per heavy atom. The second-order valence-electron chi connectivity index (χ2n) is 4.62. The first-order chi connectivity index (χ1) is 9.63. The number of aromatic nitrogens is 2. The molecule has 0 radical (unpaired) electrons. The van der Waals surface area contributed by atoms with Crippen LogP contribution >= 0.6 is 0 Å². The van der Waals surface area contributed by atoms with Crippen LogP contribution in [-0.2, 0) is 13.2 Å². The molecule has 0 spiro atoms. The lowest BCUT2D eigenvalue weighted by Crippen LogP contribution is -2.00. The van der Waals surface area contributed by atoms with Crippen LogP contribution in [0, 0.1) is 0 Å². The molecule has 0 atom stereocenters. The van der Waals surface area contributed by atoms with Crippen LogP contribution in [0.5, 0.6) is 11.5 Å². The molecule has 6 heteroatoms. The molecule has 0 aliphatic heterocycles. The van der Waals surface area contributed by atoms with Crippen LogP contribution in [-0.4, -0.2) is 22.4 Å². The normalized spacial score (nSPS) is 10.8. The lowest BCUT2D eigenvalue weighted by molar-refractivity contribution is 0.228. The van der Waals surface area contributed by atoms with Crippen LogP contribution in [0.3, 0.4) is 0 Å². The van der Waals surface area contributed by atoms with Gasteiger partial charge in [-0.15, -0.1) is 0 Å². The maximum Gasteiger partial charge on any atom is 0.264 e. The monoisotopic (exact) mass is 278 g/mol. The van der Waals surface area contributed by atoms with Crippen LogP contribution in [0.1, 0.15) is 37.0 Å². The average Bonchev–Trinajstić information content (AvgIpc) is 2.94. The number of aliphatic hydroxyl groups is 1. The number of ether oxygens (including phenoxy) is 2. The van der Waals surface area contributed by atoms with E-state index in [1.165, 1.54) is 0 Å². The van der Waals surface area contributed by atoms with Gasteiger partial charge >= 0.3 is 0 Å². The molecule has 6 nitrogen and oxygen atoms in total. The van der Waals surface area contributed by atoms with Crippen molar-refractivity contribution in [1.82, 2.24) is 10.1 Å². The van der Waals surface area contributed by atoms with Crippen molar-refractivity contribution >= 4 is 0 Å². The van der Waals surface area contributed by atoms with Gasteiger partial charge in [0.25, 0.3) is 5.89 Å². The van der Waals surface area contributed by atoms with Gasteiger partial charge < -0.3 is 19.1 Å². The third kappa shape index (κ3) is 3.27. The van der Waals surface area contributed by atoms with Gasteiger partial charge in [0.15, 0.2) is 12.4 Å². The van der Waals surface area contributed by atoms with Crippen LogP contribution in [0.2, 0.25) is 0 Å². The fourth-order valence-corrected chi connectivity index (χ4v) is 1.65. The SMILES string of the molecule is COc1ccc(OCc2nc(C(C)C)no2)c(CO)c1. The molecule has 0 fully saturated rings. The highest BCUT2D eigenvalue weighted by atomic mass is 16.5. The van der Waals surface area contributed by atoms with Gasteiger partial charge in [-0.05, 0) is 18.2 Å². The maximum atomic E-state index is 9.33. The van der Waals surface area contributed by atoms with Gasteiger partial charge in [-0.2, -0.15) is 4.98 Å². The van der Waals surface area contributed by atoms with Crippen LogP contribution in [0.4, 0.5) is 0 Å². The third-order valence-electron chi connectivity index (χ3n) is 2.79. The first-order valence-corrected chi connectivity index (χ1v) is 6.37. The van der Waals surface area contributed by atoms with Crippen molar-refractivity contribution in [1.29, 1.82) is 0 Å². The van der Waals surface area contributed by atoms with E-state index in [-0.39, 0.29) is 19.1 Å². The number of rotatable bonds is 6. The number of benzene rings is 1. The van der Waals surface area contributed by atoms with Crippen molar-refractivity contribution in [3.05, 3.63) is 35.5 Å². The molecular weight excluding hydrogens is 260 g/mol. The van der Waals surface area contributed by atoms with Crippen LogP contribution in [0.25, 0.3) is 0 Å². The van der Waals surface area contributed by atoms with Crippen molar-refractivity contribution in [3.8, 4) is 11.5 Å². The predicted molar refractivity (Wildman–Crippen MR) is 71.6 cm³/mol. The predicted octanol–water partition coefficient (Wildman–Crippen LogP) is 2.27. The second-order valence-corrected chi connectivity index (χ2v) is 4.62. The Morgan fingerprint density at radius 3 is 2.75 bits per heavy atom. The molecule has 0 aliphatic carbocycles. The van der Waals surface area contributed by atoms with Gasteiger partial charge in [0, 0.05) is 11.5 Å². The lowest BCUT2D eigenvalue weighted by atomic mass is 10.2. The van der Waals surface area contributed by atoms with Crippen LogP contribution < -0.4 is 9.47 Å². The largest absolute Gasteiger partial charge is 0.497 e. The summed E-state index contributed by atoms with van der Waals surface area (Å²) in [5.74, 6) is 2.51. The minimum Gasteiger partial charge on any atom is -0.497 e. The Morgan fingerprint density at radius 2 is 2.15 bits per heavy atom. The number of nitrogens with zero attached hydrogens (tertiary/aromatic N) is 2. The molecule has 108 valence electrons. The molecule has 1 aromatic carbocycles. The minimum atomic E-state index is -0.131. The summed E-state index contributed by atoms with van der Waals surface area (Å²) in [6, 6.07) is 5.23. The van der Waals surface area contributed by atoms with E-state index in [0.29, 0.717) is 28.8 Å². The van der Waals surface area contributed by atoms with Crippen LogP contribution in [0.15, 0.2) is 22.7 Å². The molecule has 0 saturated heterocycles. The molecule has 2 rings (SSSR count). The zero-order valence-electron chi connectivity index (χ0n) is 11.8. The Balaban J connectivity index is 2.06. The van der Waals surface area contributed by atoms with Gasteiger partial charge in [0.1, 0.15) is 11.5 Å². The standard InChI is InChI=1S/C14H18N2O4/c1-9(2)14-15-13(20-16-14)8-19-12-5-4-11(18-3)6-10(12)7-17/h4-6,9,17H,7-8H2,1-3H3. The summed E-state index contributed by atoms with van der Waals surface area (Å²) in [5, 5.41) is 13.2. The molecule has 1 N–H and O–H groups in total. The Kier molecular flexibility index (Phi) is 4.57. The summed E-state index contributed by atoms with van der Waals surface area (Å²) in [6.45, 7) is 4.01. The van der Waals surface area contributed by atoms with E-state index in [2.05, 4.69) is 10.1 Å². The quantitative estimate of drug-likeness (QED) is 0.873. The Bertz CT molecular complexity index is 566. The van der Waals surface area contributed by atoms with E-state index in [4.69, 9.17) is 14.0 Å². The van der Waals surface area contributed by atoms with Gasteiger partial charge in [0.2, 0.25) is 0 Å².